The van der Waals surface area contributed by atoms with Gasteiger partial charge in [0.25, 0.3) is 0 Å². The van der Waals surface area contributed by atoms with E-state index in [1.165, 1.54) is 12.8 Å². The molecule has 1 aliphatic carbocycles. The van der Waals surface area contributed by atoms with Crippen molar-refractivity contribution in [3.8, 4) is 0 Å². The van der Waals surface area contributed by atoms with Gasteiger partial charge in [-0.2, -0.15) is 0 Å². The van der Waals surface area contributed by atoms with E-state index in [0.29, 0.717) is 5.92 Å². The molecule has 6 nitrogen and oxygen atoms in total. The lowest BCUT2D eigenvalue weighted by Crippen LogP contribution is -2.45. The summed E-state index contributed by atoms with van der Waals surface area (Å²) in [6, 6.07) is 10.2. The van der Waals surface area contributed by atoms with Crippen molar-refractivity contribution in [1.82, 2.24) is 20.1 Å². The molecule has 5 rings (SSSR count). The summed E-state index contributed by atoms with van der Waals surface area (Å²) in [7, 11) is 0. The van der Waals surface area contributed by atoms with Crippen LogP contribution < -0.4 is 0 Å². The molecule has 1 saturated carbocycles. The molecule has 0 bridgehead atoms. The Morgan fingerprint density at radius 2 is 1.68 bits per heavy atom. The van der Waals surface area contributed by atoms with Gasteiger partial charge in [0, 0.05) is 56.6 Å². The summed E-state index contributed by atoms with van der Waals surface area (Å²) >= 11 is 0. The standard InChI is InChI=1S/C19H22N4O2/c1-2-4-18-16(3-1)17(21-24-18)13-23-9-7-22(8-10-23)12-15-11-19(25-20-15)14-5-6-14/h1-4,11,14H,5-10,12-13H2. The van der Waals surface area contributed by atoms with Crippen LogP contribution in [0.15, 0.2) is 39.4 Å². The van der Waals surface area contributed by atoms with Gasteiger partial charge < -0.3 is 9.05 Å². The van der Waals surface area contributed by atoms with Crippen molar-refractivity contribution in [1.29, 1.82) is 0 Å². The molecule has 25 heavy (non-hydrogen) atoms. The maximum atomic E-state index is 5.46. The van der Waals surface area contributed by atoms with Crippen LogP contribution in [0.5, 0.6) is 0 Å². The molecule has 1 aliphatic heterocycles. The second-order valence-corrected chi connectivity index (χ2v) is 7.17. The normalized spacial score (nSPS) is 19.7. The van der Waals surface area contributed by atoms with Gasteiger partial charge in [-0.1, -0.05) is 22.4 Å². The Bertz CT molecular complexity index is 859. The van der Waals surface area contributed by atoms with E-state index in [4.69, 9.17) is 9.05 Å². The summed E-state index contributed by atoms with van der Waals surface area (Å²) in [5, 5.41) is 9.61. The second-order valence-electron chi connectivity index (χ2n) is 7.17. The first kappa shape index (κ1) is 15.1. The van der Waals surface area contributed by atoms with Crippen LogP contribution in [0.25, 0.3) is 11.0 Å². The minimum absolute atomic E-state index is 0.635. The fourth-order valence-corrected chi connectivity index (χ4v) is 3.56. The predicted molar refractivity (Wildman–Crippen MR) is 93.0 cm³/mol. The van der Waals surface area contributed by atoms with Crippen LogP contribution in [-0.4, -0.2) is 46.3 Å². The van der Waals surface area contributed by atoms with E-state index >= 15 is 0 Å². The first-order chi connectivity index (χ1) is 12.3. The molecule has 130 valence electrons. The lowest BCUT2D eigenvalue weighted by Gasteiger charge is -2.33. The van der Waals surface area contributed by atoms with E-state index in [0.717, 1.165) is 67.4 Å². The van der Waals surface area contributed by atoms with Crippen molar-refractivity contribution in [2.45, 2.75) is 31.8 Å². The number of rotatable bonds is 5. The van der Waals surface area contributed by atoms with Crippen LogP contribution in [0.3, 0.4) is 0 Å². The molecule has 0 unspecified atom stereocenters. The van der Waals surface area contributed by atoms with Crippen molar-refractivity contribution in [2.24, 2.45) is 0 Å². The van der Waals surface area contributed by atoms with Crippen LogP contribution in [0.1, 0.15) is 35.9 Å². The highest BCUT2D eigenvalue weighted by molar-refractivity contribution is 5.79. The number of para-hydroxylation sites is 1. The number of piperazine rings is 1. The molecule has 0 N–H and O–H groups in total. The lowest BCUT2D eigenvalue weighted by molar-refractivity contribution is 0.118. The highest BCUT2D eigenvalue weighted by Crippen LogP contribution is 2.40. The van der Waals surface area contributed by atoms with E-state index < -0.39 is 0 Å². The highest BCUT2D eigenvalue weighted by Gasteiger charge is 2.28. The molecule has 1 aromatic carbocycles. The Morgan fingerprint density at radius 3 is 2.48 bits per heavy atom. The van der Waals surface area contributed by atoms with Crippen molar-refractivity contribution < 1.29 is 9.05 Å². The van der Waals surface area contributed by atoms with Crippen LogP contribution in [0.2, 0.25) is 0 Å². The maximum Gasteiger partial charge on any atom is 0.167 e. The van der Waals surface area contributed by atoms with E-state index in [1.54, 1.807) is 0 Å². The van der Waals surface area contributed by atoms with E-state index in [2.05, 4.69) is 32.2 Å². The molecule has 2 fully saturated rings. The first-order valence-corrected chi connectivity index (χ1v) is 9.08. The number of nitrogens with zero attached hydrogens (tertiary/aromatic N) is 4. The summed E-state index contributed by atoms with van der Waals surface area (Å²) in [5.41, 5.74) is 2.97. The molecule has 6 heteroatoms. The highest BCUT2D eigenvalue weighted by atomic mass is 16.5. The van der Waals surface area contributed by atoms with Gasteiger partial charge in [-0.15, -0.1) is 0 Å². The molecule has 2 aromatic heterocycles. The predicted octanol–water partition coefficient (Wildman–Crippen LogP) is 3.01. The summed E-state index contributed by atoms with van der Waals surface area (Å²) in [6.07, 6.45) is 2.51. The third-order valence-corrected chi connectivity index (χ3v) is 5.23. The largest absolute Gasteiger partial charge is 0.361 e. The summed E-state index contributed by atoms with van der Waals surface area (Å²) in [5.74, 6) is 1.71. The van der Waals surface area contributed by atoms with Gasteiger partial charge in [-0.05, 0) is 25.0 Å². The lowest BCUT2D eigenvalue weighted by atomic mass is 10.2. The monoisotopic (exact) mass is 338 g/mol. The second kappa shape index (κ2) is 6.28. The van der Waals surface area contributed by atoms with Crippen molar-refractivity contribution >= 4 is 11.0 Å². The van der Waals surface area contributed by atoms with Gasteiger partial charge in [0.05, 0.1) is 5.69 Å². The molecule has 0 amide bonds. The Morgan fingerprint density at radius 1 is 0.920 bits per heavy atom. The van der Waals surface area contributed by atoms with Gasteiger partial charge in [0.1, 0.15) is 11.5 Å². The van der Waals surface area contributed by atoms with Gasteiger partial charge in [0.15, 0.2) is 5.58 Å². The Hall–Kier alpha value is -2.18. The number of fused-ring (bicyclic) bond motifs is 1. The quantitative estimate of drug-likeness (QED) is 0.713. The van der Waals surface area contributed by atoms with E-state index in [9.17, 15) is 0 Å². The Balaban J connectivity index is 1.17. The number of hydrogen-bond donors (Lipinski definition) is 0. The molecule has 3 aromatic rings. The number of hydrogen-bond acceptors (Lipinski definition) is 6. The van der Waals surface area contributed by atoms with Gasteiger partial charge in [0.2, 0.25) is 0 Å². The molecule has 0 atom stereocenters. The molecular weight excluding hydrogens is 316 g/mol. The smallest absolute Gasteiger partial charge is 0.167 e. The molecule has 0 spiro atoms. The zero-order chi connectivity index (χ0) is 16.6. The Labute approximate surface area is 146 Å². The van der Waals surface area contributed by atoms with Crippen molar-refractivity contribution in [3.05, 3.63) is 47.5 Å². The summed E-state index contributed by atoms with van der Waals surface area (Å²) in [4.78, 5) is 4.89. The minimum Gasteiger partial charge on any atom is -0.361 e. The van der Waals surface area contributed by atoms with Gasteiger partial charge in [-0.3, -0.25) is 9.80 Å². The maximum absolute atomic E-state index is 5.46. The van der Waals surface area contributed by atoms with Crippen LogP contribution in [-0.2, 0) is 13.1 Å². The molecular formula is C19H22N4O2. The average molecular weight is 338 g/mol. The first-order valence-electron chi connectivity index (χ1n) is 9.08. The van der Waals surface area contributed by atoms with Crippen LogP contribution in [0.4, 0.5) is 0 Å². The van der Waals surface area contributed by atoms with E-state index in [-0.39, 0.29) is 0 Å². The topological polar surface area (TPSA) is 58.5 Å². The number of benzene rings is 1. The molecule has 2 aliphatic rings. The fourth-order valence-electron chi connectivity index (χ4n) is 3.56. The number of aromatic nitrogens is 2. The van der Waals surface area contributed by atoms with E-state index in [1.807, 2.05) is 18.2 Å². The summed E-state index contributed by atoms with van der Waals surface area (Å²) < 4.78 is 10.9. The fraction of sp³-hybridized carbons (Fsp3) is 0.474. The van der Waals surface area contributed by atoms with Crippen LogP contribution >= 0.6 is 0 Å². The zero-order valence-electron chi connectivity index (χ0n) is 14.2. The van der Waals surface area contributed by atoms with Gasteiger partial charge in [-0.25, -0.2) is 0 Å². The third kappa shape index (κ3) is 3.19. The zero-order valence-corrected chi connectivity index (χ0v) is 14.2. The molecule has 3 heterocycles. The summed E-state index contributed by atoms with van der Waals surface area (Å²) in [6.45, 7) is 5.89. The van der Waals surface area contributed by atoms with Crippen molar-refractivity contribution in [3.63, 3.8) is 0 Å². The van der Waals surface area contributed by atoms with Gasteiger partial charge >= 0.3 is 0 Å². The molecule has 1 saturated heterocycles. The minimum atomic E-state index is 0.635. The average Bonchev–Trinajstić information content (AvgIpc) is 3.27. The SMILES string of the molecule is c1ccc2c(CN3CCN(Cc4cc(C5CC5)on4)CC3)noc2c1. The van der Waals surface area contributed by atoms with Crippen molar-refractivity contribution in [2.75, 3.05) is 26.2 Å². The third-order valence-electron chi connectivity index (χ3n) is 5.23. The molecule has 0 radical (unpaired) electrons. The Kier molecular flexibility index (Phi) is 3.79. The van der Waals surface area contributed by atoms with Crippen LogP contribution in [0, 0.1) is 0 Å².